The number of ether oxygens (including phenoxy) is 2. The van der Waals surface area contributed by atoms with Gasteiger partial charge >= 0.3 is 6.09 Å². The third-order valence-electron chi connectivity index (χ3n) is 3.05. The molecule has 4 nitrogen and oxygen atoms in total. The molecule has 2 rings (SSSR count). The minimum Gasteiger partial charge on any atom is -0.497 e. The predicted octanol–water partition coefficient (Wildman–Crippen LogP) is 2.37. The number of hydrogen-bond acceptors (Lipinski definition) is 3. The molecule has 1 aliphatic heterocycles. The van der Waals surface area contributed by atoms with Crippen LogP contribution in [0.3, 0.4) is 0 Å². The van der Waals surface area contributed by atoms with Gasteiger partial charge in [0.25, 0.3) is 0 Å². The molecule has 98 valence electrons. The van der Waals surface area contributed by atoms with Gasteiger partial charge in [-0.2, -0.15) is 0 Å². The number of cyclic esters (lactones) is 1. The zero-order valence-electron chi connectivity index (χ0n) is 10.4. The summed E-state index contributed by atoms with van der Waals surface area (Å²) in [5.41, 5.74) is 0.917. The van der Waals surface area contributed by atoms with Crippen LogP contribution in [0.1, 0.15) is 12.5 Å². The zero-order valence-corrected chi connectivity index (χ0v) is 10.4. The van der Waals surface area contributed by atoms with Gasteiger partial charge in [0.2, 0.25) is 0 Å². The molecule has 1 heterocycles. The molecule has 1 aromatic rings. The summed E-state index contributed by atoms with van der Waals surface area (Å²) in [6.07, 6.45) is -1.56. The van der Waals surface area contributed by atoms with E-state index in [1.54, 1.807) is 7.11 Å². The lowest BCUT2D eigenvalue weighted by Crippen LogP contribution is -2.38. The minimum atomic E-state index is -1.10. The van der Waals surface area contributed by atoms with Crippen molar-refractivity contribution in [1.82, 2.24) is 4.90 Å². The quantitative estimate of drug-likeness (QED) is 0.827. The van der Waals surface area contributed by atoms with E-state index in [9.17, 15) is 9.18 Å². The first-order valence-electron chi connectivity index (χ1n) is 5.82. The molecule has 2 atom stereocenters. The summed E-state index contributed by atoms with van der Waals surface area (Å²) in [5, 5.41) is 0. The van der Waals surface area contributed by atoms with Crippen LogP contribution in [0, 0.1) is 0 Å². The van der Waals surface area contributed by atoms with Gasteiger partial charge in [0.15, 0.2) is 0 Å². The second-order valence-corrected chi connectivity index (χ2v) is 4.30. The van der Waals surface area contributed by atoms with Crippen LogP contribution in [0.4, 0.5) is 9.18 Å². The number of halogens is 1. The van der Waals surface area contributed by atoms with Crippen LogP contribution in [0.25, 0.3) is 0 Å². The molecule has 0 N–H and O–H groups in total. The lowest BCUT2D eigenvalue weighted by atomic mass is 10.1. The molecule has 0 aromatic heterocycles. The number of methoxy groups -OCH3 is 1. The first-order valence-corrected chi connectivity index (χ1v) is 5.82. The molecule has 1 aromatic carbocycles. The smallest absolute Gasteiger partial charge is 0.410 e. The molecule has 1 saturated heterocycles. The lowest BCUT2D eigenvalue weighted by Gasteiger charge is -2.22. The summed E-state index contributed by atoms with van der Waals surface area (Å²) in [6.45, 7) is 1.90. The van der Waals surface area contributed by atoms with Crippen LogP contribution >= 0.6 is 0 Å². The van der Waals surface area contributed by atoms with Crippen LogP contribution in [0.5, 0.6) is 5.75 Å². The van der Waals surface area contributed by atoms with Gasteiger partial charge in [0.05, 0.1) is 7.11 Å². The molecule has 5 heteroatoms. The highest BCUT2D eigenvalue weighted by atomic mass is 19.1. The molecule has 1 fully saturated rings. The van der Waals surface area contributed by atoms with E-state index in [4.69, 9.17) is 9.47 Å². The molecule has 0 bridgehead atoms. The van der Waals surface area contributed by atoms with Crippen molar-refractivity contribution in [3.05, 3.63) is 29.8 Å². The van der Waals surface area contributed by atoms with E-state index in [1.165, 1.54) is 11.8 Å². The Kier molecular flexibility index (Phi) is 3.69. The summed E-state index contributed by atoms with van der Waals surface area (Å²) in [6, 6.07) is 6.82. The van der Waals surface area contributed by atoms with Crippen molar-refractivity contribution in [3.63, 3.8) is 0 Å². The number of amides is 1. The standard InChI is InChI=1S/C13H16FNO3/c1-9(14)12-8-18-13(16)15(12)7-10-3-5-11(17-2)6-4-10/h3-6,9,12H,7-8H2,1-2H3/t9-,12-/m1/s1. The topological polar surface area (TPSA) is 38.8 Å². The summed E-state index contributed by atoms with van der Waals surface area (Å²) >= 11 is 0. The normalized spacial score (nSPS) is 20.7. The second-order valence-electron chi connectivity index (χ2n) is 4.30. The van der Waals surface area contributed by atoms with Crippen molar-refractivity contribution in [2.45, 2.75) is 25.7 Å². The van der Waals surface area contributed by atoms with E-state index in [2.05, 4.69) is 0 Å². The maximum Gasteiger partial charge on any atom is 0.410 e. The summed E-state index contributed by atoms with van der Waals surface area (Å²) in [5.74, 6) is 0.748. The number of carbonyl (C=O) groups is 1. The molecular formula is C13H16FNO3. The largest absolute Gasteiger partial charge is 0.497 e. The number of nitrogens with zero attached hydrogens (tertiary/aromatic N) is 1. The van der Waals surface area contributed by atoms with E-state index in [1.807, 2.05) is 24.3 Å². The monoisotopic (exact) mass is 253 g/mol. The van der Waals surface area contributed by atoms with Crippen LogP contribution in [-0.2, 0) is 11.3 Å². The van der Waals surface area contributed by atoms with Crippen molar-refractivity contribution in [3.8, 4) is 5.75 Å². The van der Waals surface area contributed by atoms with Gasteiger partial charge in [-0.25, -0.2) is 9.18 Å². The van der Waals surface area contributed by atoms with E-state index < -0.39 is 18.3 Å². The van der Waals surface area contributed by atoms with Gasteiger partial charge in [-0.05, 0) is 24.6 Å². The Morgan fingerprint density at radius 2 is 2.17 bits per heavy atom. The molecule has 0 radical (unpaired) electrons. The van der Waals surface area contributed by atoms with E-state index >= 15 is 0 Å². The fraction of sp³-hybridized carbons (Fsp3) is 0.462. The van der Waals surface area contributed by atoms with Gasteiger partial charge in [-0.15, -0.1) is 0 Å². The Morgan fingerprint density at radius 3 is 2.72 bits per heavy atom. The Balaban J connectivity index is 2.08. The molecule has 1 aliphatic rings. The first-order chi connectivity index (χ1) is 8.61. The predicted molar refractivity (Wildman–Crippen MR) is 64.2 cm³/mol. The van der Waals surface area contributed by atoms with Gasteiger partial charge < -0.3 is 9.47 Å². The minimum absolute atomic E-state index is 0.118. The van der Waals surface area contributed by atoms with Crippen molar-refractivity contribution >= 4 is 6.09 Å². The van der Waals surface area contributed by atoms with E-state index in [0.29, 0.717) is 6.54 Å². The van der Waals surface area contributed by atoms with Crippen LogP contribution in [-0.4, -0.2) is 36.9 Å². The Labute approximate surface area is 105 Å². The average molecular weight is 253 g/mol. The molecule has 0 aliphatic carbocycles. The van der Waals surface area contributed by atoms with Crippen molar-refractivity contribution in [2.24, 2.45) is 0 Å². The van der Waals surface area contributed by atoms with Crippen molar-refractivity contribution in [2.75, 3.05) is 13.7 Å². The summed E-state index contributed by atoms with van der Waals surface area (Å²) in [4.78, 5) is 13.0. The third kappa shape index (κ3) is 2.55. The van der Waals surface area contributed by atoms with E-state index in [-0.39, 0.29) is 6.61 Å². The maximum absolute atomic E-state index is 13.4. The van der Waals surface area contributed by atoms with E-state index in [0.717, 1.165) is 11.3 Å². The highest BCUT2D eigenvalue weighted by molar-refractivity contribution is 5.70. The maximum atomic E-state index is 13.4. The van der Waals surface area contributed by atoms with Crippen LogP contribution < -0.4 is 4.74 Å². The average Bonchev–Trinajstić information content (AvgIpc) is 2.72. The zero-order chi connectivity index (χ0) is 13.1. The second kappa shape index (κ2) is 5.25. The molecular weight excluding hydrogens is 237 g/mol. The Morgan fingerprint density at radius 1 is 1.50 bits per heavy atom. The molecule has 18 heavy (non-hydrogen) atoms. The number of benzene rings is 1. The Hall–Kier alpha value is -1.78. The highest BCUT2D eigenvalue weighted by Crippen LogP contribution is 2.21. The van der Waals surface area contributed by atoms with Gasteiger partial charge in [0.1, 0.15) is 24.6 Å². The van der Waals surface area contributed by atoms with Crippen LogP contribution in [0.2, 0.25) is 0 Å². The number of rotatable bonds is 4. The molecule has 0 unspecified atom stereocenters. The number of hydrogen-bond donors (Lipinski definition) is 0. The molecule has 0 saturated carbocycles. The molecule has 1 amide bonds. The highest BCUT2D eigenvalue weighted by Gasteiger charge is 2.36. The SMILES string of the molecule is COc1ccc(CN2C(=O)OC[C@@H]2[C@@H](C)F)cc1. The lowest BCUT2D eigenvalue weighted by molar-refractivity contribution is 0.150. The third-order valence-corrected chi connectivity index (χ3v) is 3.05. The van der Waals surface area contributed by atoms with Gasteiger partial charge in [0, 0.05) is 6.54 Å². The molecule has 0 spiro atoms. The number of carbonyl (C=O) groups excluding carboxylic acids is 1. The van der Waals surface area contributed by atoms with Gasteiger partial charge in [-0.1, -0.05) is 12.1 Å². The Bertz CT molecular complexity index is 419. The fourth-order valence-corrected chi connectivity index (χ4v) is 1.95. The summed E-state index contributed by atoms with van der Waals surface area (Å²) < 4.78 is 23.3. The first kappa shape index (κ1) is 12.7. The van der Waals surface area contributed by atoms with Crippen LogP contribution in [0.15, 0.2) is 24.3 Å². The fourth-order valence-electron chi connectivity index (χ4n) is 1.95. The number of alkyl halides is 1. The van der Waals surface area contributed by atoms with Crippen molar-refractivity contribution < 1.29 is 18.7 Å². The summed E-state index contributed by atoms with van der Waals surface area (Å²) in [7, 11) is 1.59. The van der Waals surface area contributed by atoms with Gasteiger partial charge in [-0.3, -0.25) is 4.90 Å². The van der Waals surface area contributed by atoms with Crippen molar-refractivity contribution in [1.29, 1.82) is 0 Å².